The predicted octanol–water partition coefficient (Wildman–Crippen LogP) is 5.10. The molecule has 1 heterocycles. The van der Waals surface area contributed by atoms with Crippen LogP contribution in [0.2, 0.25) is 0 Å². The average Bonchev–Trinajstić information content (AvgIpc) is 2.87. The molecule has 10 heteroatoms. The normalized spacial score (nSPS) is 14.9. The van der Waals surface area contributed by atoms with Crippen LogP contribution in [0.25, 0.3) is 0 Å². The molecule has 0 aromatic heterocycles. The molecule has 4 rings (SSSR count). The van der Waals surface area contributed by atoms with Gasteiger partial charge in [0.25, 0.3) is 20.0 Å². The van der Waals surface area contributed by atoms with E-state index in [0.717, 1.165) is 16.7 Å². The first kappa shape index (κ1) is 28.8. The molecule has 3 aromatic rings. The van der Waals surface area contributed by atoms with Gasteiger partial charge in [0.1, 0.15) is 6.61 Å². The number of amides is 1. The minimum Gasteiger partial charge on any atom is -0.445 e. The molecule has 0 spiro atoms. The smallest absolute Gasteiger partial charge is 0.410 e. The van der Waals surface area contributed by atoms with E-state index in [-0.39, 0.29) is 42.3 Å². The van der Waals surface area contributed by atoms with Crippen LogP contribution in [0.3, 0.4) is 0 Å². The van der Waals surface area contributed by atoms with Crippen molar-refractivity contribution >= 4 is 26.1 Å². The Balaban J connectivity index is 1.64. The first-order chi connectivity index (χ1) is 18.4. The zero-order chi connectivity index (χ0) is 28.4. The minimum atomic E-state index is -4.47. The summed E-state index contributed by atoms with van der Waals surface area (Å²) in [6.45, 7) is 7.50. The molecule has 0 radical (unpaired) electrons. The van der Waals surface area contributed by atoms with Crippen LogP contribution in [-0.4, -0.2) is 50.7 Å². The highest BCUT2D eigenvalue weighted by Gasteiger charge is 2.44. The van der Waals surface area contributed by atoms with Gasteiger partial charge >= 0.3 is 6.09 Å². The van der Waals surface area contributed by atoms with Crippen molar-refractivity contribution in [2.45, 2.75) is 63.0 Å². The number of hydrogen-bond donors (Lipinski definition) is 0. The highest BCUT2D eigenvalue weighted by Crippen LogP contribution is 2.34. The van der Waals surface area contributed by atoms with Gasteiger partial charge in [-0.1, -0.05) is 69.4 Å². The lowest BCUT2D eigenvalue weighted by Crippen LogP contribution is -2.51. The molecule has 0 atom stereocenters. The lowest BCUT2D eigenvalue weighted by atomic mass is 10.1. The lowest BCUT2D eigenvalue weighted by molar-refractivity contribution is 0.0836. The molecule has 3 aromatic carbocycles. The zero-order valence-electron chi connectivity index (χ0n) is 22.6. The quantitative estimate of drug-likeness (QED) is 0.392. The Bertz CT molecular complexity index is 1520. The van der Waals surface area contributed by atoms with Crippen LogP contribution >= 0.6 is 0 Å². The number of piperidine rings is 1. The average molecular weight is 571 g/mol. The van der Waals surface area contributed by atoms with Gasteiger partial charge in [-0.05, 0) is 69.4 Å². The van der Waals surface area contributed by atoms with Gasteiger partial charge in [-0.15, -0.1) is 0 Å². The van der Waals surface area contributed by atoms with Crippen LogP contribution in [0.4, 0.5) is 4.79 Å². The molecule has 1 fully saturated rings. The third kappa shape index (κ3) is 6.18. The SMILES string of the molecule is Cc1ccc(S(=O)(=O)N(C2CCN(C(=O)OCc3ccccc3)CC2)S(=O)(=O)c2c(C)cc(C)cc2C)cc1. The van der Waals surface area contributed by atoms with Crippen molar-refractivity contribution in [3.8, 4) is 0 Å². The van der Waals surface area contributed by atoms with Gasteiger partial charge in [-0.2, -0.15) is 0 Å². The van der Waals surface area contributed by atoms with Crippen molar-refractivity contribution in [2.75, 3.05) is 13.1 Å². The number of rotatable bonds is 7. The van der Waals surface area contributed by atoms with Gasteiger partial charge in [-0.25, -0.2) is 21.6 Å². The van der Waals surface area contributed by atoms with Gasteiger partial charge in [0, 0.05) is 19.1 Å². The monoisotopic (exact) mass is 570 g/mol. The minimum absolute atomic E-state index is 0.00603. The van der Waals surface area contributed by atoms with Crippen LogP contribution < -0.4 is 0 Å². The Morgan fingerprint density at radius 1 is 0.821 bits per heavy atom. The van der Waals surface area contributed by atoms with Crippen molar-refractivity contribution in [1.82, 2.24) is 8.61 Å². The molecule has 8 nitrogen and oxygen atoms in total. The maximum Gasteiger partial charge on any atom is 0.410 e. The number of likely N-dealkylation sites (tertiary alicyclic amines) is 1. The Hall–Kier alpha value is -3.21. The largest absolute Gasteiger partial charge is 0.445 e. The van der Waals surface area contributed by atoms with E-state index >= 15 is 0 Å². The van der Waals surface area contributed by atoms with Gasteiger partial charge in [0.15, 0.2) is 0 Å². The molecular weight excluding hydrogens is 536 g/mol. The zero-order valence-corrected chi connectivity index (χ0v) is 24.3. The van der Waals surface area contributed by atoms with E-state index in [1.54, 1.807) is 38.1 Å². The van der Waals surface area contributed by atoms with E-state index in [4.69, 9.17) is 4.74 Å². The number of nitrogens with zero attached hydrogens (tertiary/aromatic N) is 2. The van der Waals surface area contributed by atoms with E-state index in [1.807, 2.05) is 44.2 Å². The summed E-state index contributed by atoms with van der Waals surface area (Å²) in [7, 11) is -8.91. The van der Waals surface area contributed by atoms with Crippen LogP contribution in [0.5, 0.6) is 0 Å². The number of carbonyl (C=O) groups is 1. The standard InChI is InChI=1S/C29H34N2O6S2/c1-21-10-12-27(13-11-21)38(33,34)31(39(35,36)28-23(3)18-22(2)19-24(28)4)26-14-16-30(17-15-26)29(32)37-20-25-8-6-5-7-9-25/h5-13,18-19,26H,14-17,20H2,1-4H3. The second kappa shape index (κ2) is 11.5. The Morgan fingerprint density at radius 3 is 1.95 bits per heavy atom. The summed E-state index contributed by atoms with van der Waals surface area (Å²) in [4.78, 5) is 14.1. The van der Waals surface area contributed by atoms with Crippen molar-refractivity contribution in [2.24, 2.45) is 0 Å². The van der Waals surface area contributed by atoms with Crippen molar-refractivity contribution in [1.29, 1.82) is 0 Å². The van der Waals surface area contributed by atoms with Crippen LogP contribution in [0.15, 0.2) is 76.5 Å². The summed E-state index contributed by atoms with van der Waals surface area (Å²) in [5, 5.41) is 0. The summed E-state index contributed by atoms with van der Waals surface area (Å²) in [5.41, 5.74) is 3.57. The van der Waals surface area contributed by atoms with Crippen molar-refractivity contribution < 1.29 is 26.4 Å². The molecule has 0 unspecified atom stereocenters. The fourth-order valence-electron chi connectivity index (χ4n) is 5.07. The molecule has 0 bridgehead atoms. The van der Waals surface area contributed by atoms with Gasteiger partial charge in [0.2, 0.25) is 0 Å². The molecule has 0 aliphatic carbocycles. The molecule has 1 amide bonds. The van der Waals surface area contributed by atoms with E-state index in [2.05, 4.69) is 0 Å². The Kier molecular flexibility index (Phi) is 8.48. The maximum absolute atomic E-state index is 14.2. The van der Waals surface area contributed by atoms with Gasteiger partial charge in [-0.3, -0.25) is 0 Å². The third-order valence-electron chi connectivity index (χ3n) is 6.88. The van der Waals surface area contributed by atoms with Crippen LogP contribution in [-0.2, 0) is 31.4 Å². The molecular formula is C29H34N2O6S2. The third-order valence-corrected chi connectivity index (χ3v) is 11.6. The van der Waals surface area contributed by atoms with E-state index < -0.39 is 32.2 Å². The van der Waals surface area contributed by atoms with Crippen LogP contribution in [0.1, 0.15) is 40.7 Å². The number of benzene rings is 3. The van der Waals surface area contributed by atoms with E-state index in [9.17, 15) is 21.6 Å². The van der Waals surface area contributed by atoms with E-state index in [0.29, 0.717) is 14.8 Å². The van der Waals surface area contributed by atoms with Crippen LogP contribution in [0, 0.1) is 27.7 Å². The Labute approximate surface area is 231 Å². The topological polar surface area (TPSA) is 101 Å². The summed E-state index contributed by atoms with van der Waals surface area (Å²) in [6.07, 6.45) is -0.220. The summed E-state index contributed by atoms with van der Waals surface area (Å²) >= 11 is 0. The second-order valence-corrected chi connectivity index (χ2v) is 13.8. The first-order valence-electron chi connectivity index (χ1n) is 12.8. The maximum atomic E-state index is 14.2. The number of ether oxygens (including phenoxy) is 1. The molecule has 1 aliphatic rings. The number of sulfonamides is 2. The summed E-state index contributed by atoms with van der Waals surface area (Å²) in [6, 6.07) is 18.1. The highest BCUT2D eigenvalue weighted by atomic mass is 32.3. The lowest BCUT2D eigenvalue weighted by Gasteiger charge is -2.37. The summed E-state index contributed by atoms with van der Waals surface area (Å²) < 4.78 is 62.4. The first-order valence-corrected chi connectivity index (χ1v) is 15.7. The predicted molar refractivity (Wildman–Crippen MR) is 149 cm³/mol. The number of aryl methyl sites for hydroxylation is 4. The molecule has 0 N–H and O–H groups in total. The fraction of sp³-hybridized carbons (Fsp3) is 0.345. The van der Waals surface area contributed by atoms with Crippen molar-refractivity contribution in [3.05, 3.63) is 94.5 Å². The molecule has 39 heavy (non-hydrogen) atoms. The molecule has 208 valence electrons. The molecule has 1 aliphatic heterocycles. The van der Waals surface area contributed by atoms with Gasteiger partial charge in [0.05, 0.1) is 9.79 Å². The molecule has 0 saturated carbocycles. The highest BCUT2D eigenvalue weighted by molar-refractivity contribution is 8.04. The summed E-state index contributed by atoms with van der Waals surface area (Å²) in [5.74, 6) is 0. The molecule has 1 saturated heterocycles. The Morgan fingerprint density at radius 2 is 1.38 bits per heavy atom. The number of hydrogen-bond acceptors (Lipinski definition) is 6. The van der Waals surface area contributed by atoms with Crippen molar-refractivity contribution in [3.63, 3.8) is 0 Å². The van der Waals surface area contributed by atoms with E-state index in [1.165, 1.54) is 17.0 Å². The van der Waals surface area contributed by atoms with Gasteiger partial charge < -0.3 is 9.64 Å². The second-order valence-electron chi connectivity index (χ2n) is 10.0. The number of carbonyl (C=O) groups excluding carboxylic acids is 1. The fourth-order valence-corrected chi connectivity index (χ4v) is 9.59.